The normalized spacial score (nSPS) is 37.3. The summed E-state index contributed by atoms with van der Waals surface area (Å²) in [5.74, 6) is 0.250. The highest BCUT2D eigenvalue weighted by atomic mass is 32.2. The lowest BCUT2D eigenvalue weighted by Crippen LogP contribution is -2.38. The van der Waals surface area contributed by atoms with Crippen molar-refractivity contribution in [2.24, 2.45) is 17.8 Å². The van der Waals surface area contributed by atoms with Crippen LogP contribution >= 0.6 is 0 Å². The van der Waals surface area contributed by atoms with E-state index in [1.54, 1.807) is 7.05 Å². The van der Waals surface area contributed by atoms with Crippen molar-refractivity contribution < 1.29 is 13.2 Å². The van der Waals surface area contributed by atoms with Crippen LogP contribution in [0.15, 0.2) is 12.0 Å². The third kappa shape index (κ3) is 1.67. The van der Waals surface area contributed by atoms with Crippen molar-refractivity contribution in [1.29, 1.82) is 0 Å². The minimum Gasteiger partial charge on any atom is -0.359 e. The maximum Gasteiger partial charge on any atom is 0.223 e. The smallest absolute Gasteiger partial charge is 0.223 e. The zero-order valence-electron chi connectivity index (χ0n) is 9.35. The number of hydrogen-bond donors (Lipinski definition) is 1. The molecule has 0 saturated heterocycles. The molecule has 0 aromatic heterocycles. The van der Waals surface area contributed by atoms with Crippen molar-refractivity contribution in [3.05, 3.63) is 12.0 Å². The van der Waals surface area contributed by atoms with Crippen LogP contribution in [0.2, 0.25) is 0 Å². The maximum atomic E-state index is 11.8. The highest BCUT2D eigenvalue weighted by Crippen LogP contribution is 2.51. The summed E-state index contributed by atoms with van der Waals surface area (Å²) in [5.41, 5.74) is 0. The second kappa shape index (κ2) is 3.87. The van der Waals surface area contributed by atoms with Crippen molar-refractivity contribution in [3.63, 3.8) is 0 Å². The monoisotopic (exact) mass is 243 g/mol. The molecule has 4 atom stereocenters. The van der Waals surface area contributed by atoms with Crippen LogP contribution in [0.25, 0.3) is 0 Å². The molecule has 2 rings (SSSR count). The molecular formula is C11H17NO3S. The van der Waals surface area contributed by atoms with E-state index in [1.165, 1.54) is 0 Å². The predicted octanol–water partition coefficient (Wildman–Crippen LogP) is 0.705. The van der Waals surface area contributed by atoms with Crippen LogP contribution in [0.5, 0.6) is 0 Å². The van der Waals surface area contributed by atoms with Gasteiger partial charge >= 0.3 is 0 Å². The van der Waals surface area contributed by atoms with E-state index in [1.807, 2.05) is 0 Å². The van der Waals surface area contributed by atoms with Crippen LogP contribution < -0.4 is 5.32 Å². The van der Waals surface area contributed by atoms with Crippen LogP contribution in [0.3, 0.4) is 0 Å². The highest BCUT2D eigenvalue weighted by molar-refractivity contribution is 7.94. The highest BCUT2D eigenvalue weighted by Gasteiger charge is 2.52. The minimum absolute atomic E-state index is 0.00653. The van der Waals surface area contributed by atoms with Crippen molar-refractivity contribution in [3.8, 4) is 0 Å². The van der Waals surface area contributed by atoms with Gasteiger partial charge in [0, 0.05) is 18.4 Å². The number of sulfone groups is 1. The molecule has 2 saturated carbocycles. The third-order valence-electron chi connectivity index (χ3n) is 3.99. The van der Waals surface area contributed by atoms with E-state index in [-0.39, 0.29) is 23.0 Å². The fraction of sp³-hybridized carbons (Fsp3) is 0.727. The summed E-state index contributed by atoms with van der Waals surface area (Å²) in [4.78, 5) is 11.6. The van der Waals surface area contributed by atoms with Crippen LogP contribution in [0.1, 0.15) is 19.3 Å². The first-order chi connectivity index (χ1) is 7.49. The number of amides is 1. The van der Waals surface area contributed by atoms with Gasteiger partial charge < -0.3 is 5.32 Å². The number of carbonyl (C=O) groups excluding carboxylic acids is 1. The Morgan fingerprint density at radius 2 is 2.06 bits per heavy atom. The second-order valence-electron chi connectivity index (χ2n) is 4.75. The molecule has 0 spiro atoms. The van der Waals surface area contributed by atoms with Crippen LogP contribution in [0, 0.1) is 17.8 Å². The van der Waals surface area contributed by atoms with Crippen LogP contribution in [-0.4, -0.2) is 26.6 Å². The lowest BCUT2D eigenvalue weighted by molar-refractivity contribution is -0.125. The summed E-state index contributed by atoms with van der Waals surface area (Å²) in [6.07, 6.45) is 2.41. The zero-order chi connectivity index (χ0) is 11.9. The molecule has 5 heteroatoms. The number of hydrogen-bond acceptors (Lipinski definition) is 3. The van der Waals surface area contributed by atoms with E-state index in [0.29, 0.717) is 12.3 Å². The van der Waals surface area contributed by atoms with Gasteiger partial charge in [-0.15, -0.1) is 0 Å². The van der Waals surface area contributed by atoms with Crippen molar-refractivity contribution in [2.45, 2.75) is 24.5 Å². The van der Waals surface area contributed by atoms with Gasteiger partial charge in [-0.3, -0.25) is 4.79 Å². The van der Waals surface area contributed by atoms with E-state index in [9.17, 15) is 13.2 Å². The first-order valence-electron chi connectivity index (χ1n) is 5.57. The third-order valence-corrected chi connectivity index (χ3v) is 5.84. The standard InChI is InChI=1S/C11H17NO3S/c1-3-16(14,15)10-6-7-4-8(10)9(5-7)11(13)12-2/h3,7-10H,1,4-6H2,2H3,(H,12,13). The number of rotatable bonds is 3. The molecule has 0 heterocycles. The summed E-state index contributed by atoms with van der Waals surface area (Å²) in [5, 5.41) is 3.28. The van der Waals surface area contributed by atoms with Crippen molar-refractivity contribution >= 4 is 15.7 Å². The van der Waals surface area contributed by atoms with Gasteiger partial charge in [-0.2, -0.15) is 0 Å². The van der Waals surface area contributed by atoms with Crippen LogP contribution in [-0.2, 0) is 14.6 Å². The molecule has 2 aliphatic carbocycles. The number of nitrogens with one attached hydrogen (secondary N) is 1. The van der Waals surface area contributed by atoms with E-state index >= 15 is 0 Å². The minimum atomic E-state index is -3.22. The van der Waals surface area contributed by atoms with Gasteiger partial charge in [0.05, 0.1) is 5.25 Å². The average molecular weight is 243 g/mol. The van der Waals surface area contributed by atoms with Gasteiger partial charge in [0.25, 0.3) is 0 Å². The lowest BCUT2D eigenvalue weighted by Gasteiger charge is -2.27. The Bertz CT molecular complexity index is 415. The molecule has 16 heavy (non-hydrogen) atoms. The van der Waals surface area contributed by atoms with Gasteiger partial charge in [0.2, 0.25) is 5.91 Å². The molecule has 2 fully saturated rings. The average Bonchev–Trinajstić information content (AvgIpc) is 2.87. The van der Waals surface area contributed by atoms with Gasteiger partial charge in [0.15, 0.2) is 9.84 Å². The fourth-order valence-corrected chi connectivity index (χ4v) is 4.85. The largest absolute Gasteiger partial charge is 0.359 e. The Labute approximate surface area is 96.0 Å². The molecule has 1 N–H and O–H groups in total. The Morgan fingerprint density at radius 1 is 1.38 bits per heavy atom. The van der Waals surface area contributed by atoms with Gasteiger partial charge in [-0.1, -0.05) is 6.58 Å². The van der Waals surface area contributed by atoms with E-state index < -0.39 is 9.84 Å². The van der Waals surface area contributed by atoms with E-state index in [0.717, 1.165) is 18.2 Å². The lowest BCUT2D eigenvalue weighted by atomic mass is 9.88. The maximum absolute atomic E-state index is 11.8. The molecule has 90 valence electrons. The summed E-state index contributed by atoms with van der Waals surface area (Å²) in [6, 6.07) is 0. The SMILES string of the molecule is C=CS(=O)(=O)C1CC2CC(C(=O)NC)C1C2. The predicted molar refractivity (Wildman–Crippen MR) is 61.3 cm³/mol. The Hall–Kier alpha value is -0.840. The van der Waals surface area contributed by atoms with Gasteiger partial charge in [-0.25, -0.2) is 8.42 Å². The quantitative estimate of drug-likeness (QED) is 0.794. The Kier molecular flexibility index (Phi) is 2.82. The molecular weight excluding hydrogens is 226 g/mol. The van der Waals surface area contributed by atoms with Crippen LogP contribution in [0.4, 0.5) is 0 Å². The molecule has 0 aromatic carbocycles. The summed E-state index contributed by atoms with van der Waals surface area (Å²) >= 11 is 0. The molecule has 4 unspecified atom stereocenters. The number of fused-ring (bicyclic) bond motifs is 2. The summed E-state index contributed by atoms with van der Waals surface area (Å²) < 4.78 is 23.6. The first-order valence-corrected chi connectivity index (χ1v) is 7.18. The first kappa shape index (κ1) is 11.6. The fourth-order valence-electron chi connectivity index (χ4n) is 3.27. The molecule has 0 aliphatic heterocycles. The second-order valence-corrected chi connectivity index (χ2v) is 6.87. The Balaban J connectivity index is 2.22. The topological polar surface area (TPSA) is 63.2 Å². The van der Waals surface area contributed by atoms with E-state index in [4.69, 9.17) is 0 Å². The molecule has 0 radical (unpaired) electrons. The zero-order valence-corrected chi connectivity index (χ0v) is 10.2. The number of carbonyl (C=O) groups is 1. The molecule has 2 aliphatic rings. The van der Waals surface area contributed by atoms with Crippen molar-refractivity contribution in [1.82, 2.24) is 5.32 Å². The molecule has 2 bridgehead atoms. The summed E-state index contributed by atoms with van der Waals surface area (Å²) in [7, 11) is -1.62. The Morgan fingerprint density at radius 3 is 2.56 bits per heavy atom. The molecule has 4 nitrogen and oxygen atoms in total. The van der Waals surface area contributed by atoms with Gasteiger partial charge in [0.1, 0.15) is 0 Å². The molecule has 0 aromatic rings. The summed E-state index contributed by atoms with van der Waals surface area (Å²) in [6.45, 7) is 3.36. The van der Waals surface area contributed by atoms with Gasteiger partial charge in [-0.05, 0) is 31.1 Å². The molecule has 1 amide bonds. The van der Waals surface area contributed by atoms with E-state index in [2.05, 4.69) is 11.9 Å². The van der Waals surface area contributed by atoms with Crippen molar-refractivity contribution in [2.75, 3.05) is 7.05 Å².